The molecule has 0 aliphatic carbocycles. The van der Waals surface area contributed by atoms with Gasteiger partial charge in [-0.2, -0.15) is 0 Å². The highest BCUT2D eigenvalue weighted by Crippen LogP contribution is 2.34. The van der Waals surface area contributed by atoms with Crippen LogP contribution in [0.25, 0.3) is 4.96 Å². The number of thiazole rings is 1. The molecule has 5 rings (SSSR count). The number of anilines is 1. The van der Waals surface area contributed by atoms with E-state index < -0.39 is 30.1 Å². The molecule has 10 nitrogen and oxygen atoms in total. The summed E-state index contributed by atoms with van der Waals surface area (Å²) in [6.45, 7) is 3.00. The molecule has 4 N–H and O–H groups in total. The zero-order valence-corrected chi connectivity index (χ0v) is 20.1. The summed E-state index contributed by atoms with van der Waals surface area (Å²) in [6.07, 6.45) is 5.27. The Hall–Kier alpha value is -3.25. The first-order valence-corrected chi connectivity index (χ1v) is 12.5. The number of imidazole rings is 1. The number of benzene rings is 1. The first-order valence-electron chi connectivity index (χ1n) is 11.6. The van der Waals surface area contributed by atoms with Crippen LogP contribution in [-0.4, -0.2) is 61.6 Å². The Balaban J connectivity index is 1.21. The van der Waals surface area contributed by atoms with Crippen molar-refractivity contribution in [2.24, 2.45) is 0 Å². The largest absolute Gasteiger partial charge is 0.380 e. The molecule has 2 aliphatic heterocycles. The van der Waals surface area contributed by atoms with Gasteiger partial charge in [-0.05, 0) is 37.5 Å². The normalized spacial score (nSPS) is 20.4. The molecule has 0 spiro atoms. The van der Waals surface area contributed by atoms with Crippen LogP contribution >= 0.6 is 11.3 Å². The lowest BCUT2D eigenvalue weighted by molar-refractivity contribution is -0.154. The minimum atomic E-state index is -1.87. The number of aliphatic hydroxyl groups is 2. The molecule has 0 saturated carbocycles. The summed E-state index contributed by atoms with van der Waals surface area (Å²) in [5.74, 6) is -1.45. The van der Waals surface area contributed by atoms with Gasteiger partial charge in [0.15, 0.2) is 17.2 Å². The van der Waals surface area contributed by atoms with Crippen molar-refractivity contribution in [3.05, 3.63) is 65.6 Å². The maximum Gasteiger partial charge on any atom is 0.255 e. The summed E-state index contributed by atoms with van der Waals surface area (Å²) in [5, 5.41) is 27.7. The van der Waals surface area contributed by atoms with Crippen molar-refractivity contribution >= 4 is 33.8 Å². The van der Waals surface area contributed by atoms with Gasteiger partial charge in [0.25, 0.3) is 11.8 Å². The van der Waals surface area contributed by atoms with Gasteiger partial charge in [0, 0.05) is 37.1 Å². The molecule has 2 aromatic heterocycles. The van der Waals surface area contributed by atoms with Gasteiger partial charge in [-0.15, -0.1) is 11.3 Å². The first-order chi connectivity index (χ1) is 16.9. The van der Waals surface area contributed by atoms with E-state index in [1.165, 1.54) is 11.3 Å². The highest BCUT2D eigenvalue weighted by Gasteiger charge is 2.39. The van der Waals surface area contributed by atoms with Gasteiger partial charge < -0.3 is 20.4 Å². The van der Waals surface area contributed by atoms with E-state index in [0.29, 0.717) is 6.54 Å². The number of nitrogens with zero attached hydrogens (tertiary/aromatic N) is 4. The second kappa shape index (κ2) is 9.78. The highest BCUT2D eigenvalue weighted by atomic mass is 32.1. The number of carbonyl (C=O) groups excluding carboxylic acids is 2. The smallest absolute Gasteiger partial charge is 0.255 e. The van der Waals surface area contributed by atoms with E-state index in [1.807, 2.05) is 57.5 Å². The summed E-state index contributed by atoms with van der Waals surface area (Å²) < 4.78 is 1.93. The summed E-state index contributed by atoms with van der Waals surface area (Å²) in [6, 6.07) is 6.95. The minimum Gasteiger partial charge on any atom is -0.380 e. The Morgan fingerprint density at radius 3 is 2.77 bits per heavy atom. The summed E-state index contributed by atoms with van der Waals surface area (Å²) in [4.78, 5) is 32.4. The van der Waals surface area contributed by atoms with E-state index >= 15 is 0 Å². The molecule has 1 fully saturated rings. The number of nitrogens with one attached hydrogen (secondary N) is 2. The lowest BCUT2D eigenvalue weighted by atomic mass is 10.1. The van der Waals surface area contributed by atoms with Crippen LogP contribution in [0, 0.1) is 0 Å². The Bertz CT molecular complexity index is 1240. The van der Waals surface area contributed by atoms with Gasteiger partial charge in [0.05, 0.1) is 23.5 Å². The first kappa shape index (κ1) is 23.5. The molecule has 2 aliphatic rings. The lowest BCUT2D eigenvalue weighted by Gasteiger charge is -2.28. The number of aromatic nitrogens is 2. The van der Waals surface area contributed by atoms with Crippen LogP contribution in [0.5, 0.6) is 0 Å². The standard InChI is InChI=1S/C24H28N6O4S/c1-15(16-5-7-17(8-6-16)30-12-3-9-26-30)27-22(33)20(31)21(32)23(34)28-11-2-4-18(28)19-14-35-24-25-10-13-29(19)24/h3,5-8,10,12-15,18,20-21,26,31-32H,2,4,9,11H2,1H3,(H,27,33)/t15-,18?,20-,21-/m1/s1. The molecule has 3 aromatic rings. The molecule has 11 heteroatoms. The van der Waals surface area contributed by atoms with Crippen molar-refractivity contribution in [3.8, 4) is 0 Å². The van der Waals surface area contributed by atoms with Crippen LogP contribution < -0.4 is 15.8 Å². The molecular formula is C24H28N6O4S. The van der Waals surface area contributed by atoms with E-state index in [1.54, 1.807) is 18.0 Å². The molecule has 0 radical (unpaired) electrons. The molecule has 4 heterocycles. The van der Waals surface area contributed by atoms with E-state index in [0.717, 1.165) is 41.3 Å². The Labute approximate surface area is 206 Å². The second-order valence-electron chi connectivity index (χ2n) is 8.76. The van der Waals surface area contributed by atoms with Gasteiger partial charge in [-0.25, -0.2) is 10.4 Å². The number of aliphatic hydroxyl groups excluding tert-OH is 2. The topological polar surface area (TPSA) is 122 Å². The van der Waals surface area contributed by atoms with Gasteiger partial charge >= 0.3 is 0 Å². The van der Waals surface area contributed by atoms with Gasteiger partial charge in [-0.3, -0.25) is 19.0 Å². The molecule has 1 saturated heterocycles. The van der Waals surface area contributed by atoms with Gasteiger partial charge in [0.1, 0.15) is 0 Å². The predicted molar refractivity (Wildman–Crippen MR) is 131 cm³/mol. The predicted octanol–water partition coefficient (Wildman–Crippen LogP) is 1.50. The summed E-state index contributed by atoms with van der Waals surface area (Å²) in [5.41, 5.74) is 5.89. The van der Waals surface area contributed by atoms with Crippen LogP contribution in [0.4, 0.5) is 5.69 Å². The lowest BCUT2D eigenvalue weighted by Crippen LogP contribution is -2.51. The third kappa shape index (κ3) is 4.55. The van der Waals surface area contributed by atoms with Crippen molar-refractivity contribution in [2.75, 3.05) is 18.1 Å². The van der Waals surface area contributed by atoms with Gasteiger partial charge in [-0.1, -0.05) is 18.2 Å². The SMILES string of the molecule is C[C@@H](NC(=O)[C@H](O)[C@@H](O)C(=O)N1CCCC1c1csc2nccn12)c1ccc(N2C=CCN2)cc1. The molecule has 4 atom stereocenters. The monoisotopic (exact) mass is 496 g/mol. The Morgan fingerprint density at radius 2 is 2.03 bits per heavy atom. The fraction of sp³-hybridized carbons (Fsp3) is 0.375. The Morgan fingerprint density at radius 1 is 1.23 bits per heavy atom. The second-order valence-corrected chi connectivity index (χ2v) is 9.60. The summed E-state index contributed by atoms with van der Waals surface area (Å²) in [7, 11) is 0. The van der Waals surface area contributed by atoms with Crippen LogP contribution in [-0.2, 0) is 9.59 Å². The molecule has 1 unspecified atom stereocenters. The molecule has 35 heavy (non-hydrogen) atoms. The van der Waals surface area contributed by atoms with Crippen molar-refractivity contribution in [1.29, 1.82) is 0 Å². The zero-order valence-electron chi connectivity index (χ0n) is 19.2. The quantitative estimate of drug-likeness (QED) is 0.391. The number of amides is 2. The molecular weight excluding hydrogens is 468 g/mol. The zero-order chi connectivity index (χ0) is 24.5. The van der Waals surface area contributed by atoms with Crippen molar-refractivity contribution in [2.45, 2.75) is 44.1 Å². The molecule has 0 bridgehead atoms. The number of fused-ring (bicyclic) bond motifs is 1. The van der Waals surface area contributed by atoms with Gasteiger partial charge in [0.2, 0.25) is 0 Å². The average Bonchev–Trinajstić information content (AvgIpc) is 3.67. The molecule has 1 aromatic carbocycles. The summed E-state index contributed by atoms with van der Waals surface area (Å²) >= 11 is 1.48. The van der Waals surface area contributed by atoms with E-state index in [2.05, 4.69) is 15.7 Å². The van der Waals surface area contributed by atoms with Crippen LogP contribution in [0.2, 0.25) is 0 Å². The maximum atomic E-state index is 13.1. The van der Waals surface area contributed by atoms with Crippen LogP contribution in [0.1, 0.15) is 43.1 Å². The number of rotatable bonds is 7. The Kier molecular flexibility index (Phi) is 6.56. The number of carbonyl (C=O) groups is 2. The van der Waals surface area contributed by atoms with E-state index in [-0.39, 0.29) is 6.04 Å². The fourth-order valence-electron chi connectivity index (χ4n) is 4.61. The van der Waals surface area contributed by atoms with Crippen molar-refractivity contribution in [1.82, 2.24) is 25.0 Å². The molecule has 184 valence electrons. The number of hydrogen-bond acceptors (Lipinski definition) is 8. The maximum absolute atomic E-state index is 13.1. The number of likely N-dealkylation sites (tertiary alicyclic amines) is 1. The van der Waals surface area contributed by atoms with Crippen molar-refractivity contribution in [3.63, 3.8) is 0 Å². The third-order valence-electron chi connectivity index (χ3n) is 6.53. The molecule has 2 amide bonds. The van der Waals surface area contributed by atoms with Crippen molar-refractivity contribution < 1.29 is 19.8 Å². The third-order valence-corrected chi connectivity index (χ3v) is 7.40. The number of hydrazine groups is 1. The average molecular weight is 497 g/mol. The number of hydrogen-bond donors (Lipinski definition) is 4. The van der Waals surface area contributed by atoms with E-state index in [4.69, 9.17) is 0 Å². The minimum absolute atomic E-state index is 0.243. The van der Waals surface area contributed by atoms with Crippen LogP contribution in [0.15, 0.2) is 54.3 Å². The highest BCUT2D eigenvalue weighted by molar-refractivity contribution is 7.15. The fourth-order valence-corrected chi connectivity index (χ4v) is 5.51. The van der Waals surface area contributed by atoms with E-state index in [9.17, 15) is 19.8 Å². The van der Waals surface area contributed by atoms with Crippen LogP contribution in [0.3, 0.4) is 0 Å².